The monoisotopic (exact) mass is 299 g/mol. The van der Waals surface area contributed by atoms with E-state index < -0.39 is 0 Å². The average molecular weight is 299 g/mol. The minimum atomic E-state index is 0.0333. The predicted octanol–water partition coefficient (Wildman–Crippen LogP) is 3.09. The number of hydrogen-bond donors (Lipinski definition) is 1. The van der Waals surface area contributed by atoms with Gasteiger partial charge in [-0.3, -0.25) is 9.48 Å². The van der Waals surface area contributed by atoms with Crippen LogP contribution in [0.15, 0.2) is 30.3 Å². The van der Waals surface area contributed by atoms with Crippen LogP contribution in [-0.2, 0) is 18.3 Å². The second kappa shape index (κ2) is 6.77. The van der Waals surface area contributed by atoms with Gasteiger partial charge in [-0.2, -0.15) is 5.10 Å². The van der Waals surface area contributed by atoms with Crippen molar-refractivity contribution in [3.8, 4) is 0 Å². The lowest BCUT2D eigenvalue weighted by molar-refractivity contribution is -0.121. The van der Waals surface area contributed by atoms with Crippen LogP contribution in [0.4, 0.5) is 0 Å². The molecule has 0 bridgehead atoms. The largest absolute Gasteiger partial charge is 0.349 e. The molecule has 118 valence electrons. The highest BCUT2D eigenvalue weighted by atomic mass is 16.1. The van der Waals surface area contributed by atoms with E-state index in [0.717, 1.165) is 22.5 Å². The SMILES string of the molecule is Cc1nn(C)c(C)c1CC(=O)NC(c1ccccc1)C(C)C. The van der Waals surface area contributed by atoms with Crippen molar-refractivity contribution in [1.29, 1.82) is 0 Å². The standard InChI is InChI=1S/C18H25N3O/c1-12(2)18(15-9-7-6-8-10-15)19-17(22)11-16-13(3)20-21(5)14(16)4/h6-10,12,18H,11H2,1-5H3,(H,19,22). The molecule has 1 atom stereocenters. The quantitative estimate of drug-likeness (QED) is 0.922. The molecule has 0 aliphatic carbocycles. The van der Waals surface area contributed by atoms with Gasteiger partial charge in [0.25, 0.3) is 0 Å². The van der Waals surface area contributed by atoms with Crippen LogP contribution in [0.1, 0.15) is 42.4 Å². The Morgan fingerprint density at radius 3 is 2.36 bits per heavy atom. The van der Waals surface area contributed by atoms with Crippen molar-refractivity contribution < 1.29 is 4.79 Å². The molecule has 4 nitrogen and oxygen atoms in total. The van der Waals surface area contributed by atoms with E-state index in [-0.39, 0.29) is 11.9 Å². The molecular weight excluding hydrogens is 274 g/mol. The maximum Gasteiger partial charge on any atom is 0.225 e. The van der Waals surface area contributed by atoms with Crippen molar-refractivity contribution in [3.63, 3.8) is 0 Å². The van der Waals surface area contributed by atoms with Crippen LogP contribution in [0.3, 0.4) is 0 Å². The van der Waals surface area contributed by atoms with Crippen LogP contribution in [0.5, 0.6) is 0 Å². The van der Waals surface area contributed by atoms with Crippen molar-refractivity contribution in [3.05, 3.63) is 52.8 Å². The smallest absolute Gasteiger partial charge is 0.225 e. The van der Waals surface area contributed by atoms with E-state index in [9.17, 15) is 4.79 Å². The highest BCUT2D eigenvalue weighted by molar-refractivity contribution is 5.79. The zero-order valence-corrected chi connectivity index (χ0v) is 14.1. The number of carbonyl (C=O) groups excluding carboxylic acids is 1. The maximum atomic E-state index is 12.5. The fourth-order valence-electron chi connectivity index (χ4n) is 2.75. The summed E-state index contributed by atoms with van der Waals surface area (Å²) in [6, 6.07) is 10.2. The van der Waals surface area contributed by atoms with Crippen molar-refractivity contribution in [1.82, 2.24) is 15.1 Å². The summed E-state index contributed by atoms with van der Waals surface area (Å²) in [5.41, 5.74) is 4.14. The van der Waals surface area contributed by atoms with Gasteiger partial charge in [0.05, 0.1) is 18.2 Å². The predicted molar refractivity (Wildman–Crippen MR) is 88.5 cm³/mol. The van der Waals surface area contributed by atoms with Gasteiger partial charge in [0.1, 0.15) is 0 Å². The van der Waals surface area contributed by atoms with Crippen LogP contribution >= 0.6 is 0 Å². The summed E-state index contributed by atoms with van der Waals surface area (Å²) in [5, 5.41) is 7.54. The molecule has 2 rings (SSSR count). The molecule has 2 aromatic rings. The number of nitrogens with one attached hydrogen (secondary N) is 1. The first kappa shape index (κ1) is 16.3. The molecule has 0 saturated heterocycles. The number of aromatic nitrogens is 2. The zero-order chi connectivity index (χ0) is 16.3. The Kier molecular flexibility index (Phi) is 5.01. The lowest BCUT2D eigenvalue weighted by atomic mass is 9.95. The second-order valence-corrected chi connectivity index (χ2v) is 6.15. The second-order valence-electron chi connectivity index (χ2n) is 6.15. The molecule has 4 heteroatoms. The molecule has 0 fully saturated rings. The van der Waals surface area contributed by atoms with E-state index in [1.165, 1.54) is 0 Å². The van der Waals surface area contributed by atoms with Gasteiger partial charge in [-0.25, -0.2) is 0 Å². The molecule has 1 aromatic heterocycles. The normalized spacial score (nSPS) is 12.5. The van der Waals surface area contributed by atoms with E-state index in [2.05, 4.69) is 36.4 Å². The van der Waals surface area contributed by atoms with E-state index in [1.807, 2.05) is 43.8 Å². The maximum absolute atomic E-state index is 12.5. The summed E-state index contributed by atoms with van der Waals surface area (Å²) in [4.78, 5) is 12.5. The van der Waals surface area contributed by atoms with Gasteiger partial charge in [0, 0.05) is 18.3 Å². The van der Waals surface area contributed by atoms with Gasteiger partial charge < -0.3 is 5.32 Å². The molecule has 1 N–H and O–H groups in total. The third-order valence-electron chi connectivity index (χ3n) is 4.14. The number of aryl methyl sites for hydroxylation is 2. The number of amides is 1. The number of hydrogen-bond acceptors (Lipinski definition) is 2. The third kappa shape index (κ3) is 3.56. The molecule has 0 aliphatic rings. The summed E-state index contributed by atoms with van der Waals surface area (Å²) >= 11 is 0. The molecule has 1 amide bonds. The lowest BCUT2D eigenvalue weighted by Crippen LogP contribution is -2.33. The van der Waals surface area contributed by atoms with E-state index >= 15 is 0 Å². The van der Waals surface area contributed by atoms with Crippen molar-refractivity contribution in [2.45, 2.75) is 40.2 Å². The van der Waals surface area contributed by atoms with Gasteiger partial charge >= 0.3 is 0 Å². The first-order chi connectivity index (χ1) is 10.4. The number of carbonyl (C=O) groups is 1. The fourth-order valence-corrected chi connectivity index (χ4v) is 2.75. The Labute approximate surface area is 132 Å². The fraction of sp³-hybridized carbons (Fsp3) is 0.444. The van der Waals surface area contributed by atoms with Gasteiger partial charge in [-0.05, 0) is 25.3 Å². The number of rotatable bonds is 5. The minimum absolute atomic E-state index is 0.0333. The molecule has 0 saturated carbocycles. The van der Waals surface area contributed by atoms with Crippen LogP contribution in [0.25, 0.3) is 0 Å². The molecule has 0 radical (unpaired) electrons. The van der Waals surface area contributed by atoms with Gasteiger partial charge in [-0.15, -0.1) is 0 Å². The Morgan fingerprint density at radius 1 is 1.23 bits per heavy atom. The summed E-state index contributed by atoms with van der Waals surface area (Å²) < 4.78 is 1.83. The molecule has 0 spiro atoms. The van der Waals surface area contributed by atoms with Crippen molar-refractivity contribution in [2.24, 2.45) is 13.0 Å². The van der Waals surface area contributed by atoms with Gasteiger partial charge in [-0.1, -0.05) is 44.2 Å². The first-order valence-electron chi connectivity index (χ1n) is 7.73. The Balaban J connectivity index is 2.12. The number of nitrogens with zero attached hydrogens (tertiary/aromatic N) is 2. The molecular formula is C18H25N3O. The Hall–Kier alpha value is -2.10. The molecule has 1 heterocycles. The summed E-state index contributed by atoms with van der Waals surface area (Å²) in [6.45, 7) is 8.20. The van der Waals surface area contributed by atoms with E-state index in [4.69, 9.17) is 0 Å². The summed E-state index contributed by atoms with van der Waals surface area (Å²) in [5.74, 6) is 0.379. The highest BCUT2D eigenvalue weighted by Crippen LogP contribution is 2.22. The minimum Gasteiger partial charge on any atom is -0.349 e. The zero-order valence-electron chi connectivity index (χ0n) is 14.1. The van der Waals surface area contributed by atoms with E-state index in [1.54, 1.807) is 0 Å². The number of benzene rings is 1. The van der Waals surface area contributed by atoms with Crippen LogP contribution in [0.2, 0.25) is 0 Å². The Morgan fingerprint density at radius 2 is 1.86 bits per heavy atom. The topological polar surface area (TPSA) is 46.9 Å². The average Bonchev–Trinajstić information content (AvgIpc) is 2.72. The summed E-state index contributed by atoms with van der Waals surface area (Å²) in [7, 11) is 1.91. The van der Waals surface area contributed by atoms with Crippen LogP contribution in [-0.4, -0.2) is 15.7 Å². The highest BCUT2D eigenvalue weighted by Gasteiger charge is 2.20. The lowest BCUT2D eigenvalue weighted by Gasteiger charge is -2.23. The molecule has 0 aliphatic heterocycles. The van der Waals surface area contributed by atoms with Gasteiger partial charge in [0.2, 0.25) is 5.91 Å². The Bertz CT molecular complexity index is 644. The van der Waals surface area contributed by atoms with Crippen LogP contribution < -0.4 is 5.32 Å². The molecule has 22 heavy (non-hydrogen) atoms. The van der Waals surface area contributed by atoms with Crippen LogP contribution in [0, 0.1) is 19.8 Å². The first-order valence-corrected chi connectivity index (χ1v) is 7.73. The van der Waals surface area contributed by atoms with Crippen molar-refractivity contribution >= 4 is 5.91 Å². The molecule has 1 aromatic carbocycles. The van der Waals surface area contributed by atoms with E-state index in [0.29, 0.717) is 12.3 Å². The van der Waals surface area contributed by atoms with Crippen molar-refractivity contribution in [2.75, 3.05) is 0 Å². The van der Waals surface area contributed by atoms with Gasteiger partial charge in [0.15, 0.2) is 0 Å². The summed E-state index contributed by atoms with van der Waals surface area (Å²) in [6.07, 6.45) is 0.377. The third-order valence-corrected chi connectivity index (χ3v) is 4.14. The molecule has 1 unspecified atom stereocenters.